The molecule has 0 unspecified atom stereocenters. The molecule has 0 radical (unpaired) electrons. The third-order valence-electron chi connectivity index (χ3n) is 7.75. The monoisotopic (exact) mass is 580 g/mol. The topological polar surface area (TPSA) is 129 Å². The number of nitrogens with one attached hydrogen (secondary N) is 2. The number of benzene rings is 3. The van der Waals surface area contributed by atoms with Crippen molar-refractivity contribution in [2.45, 2.75) is 39.0 Å². The van der Waals surface area contributed by atoms with Gasteiger partial charge in [-0.3, -0.25) is 0 Å². The van der Waals surface area contributed by atoms with E-state index in [1.807, 2.05) is 61.5 Å². The number of hydrogen-bond donors (Lipinski definition) is 4. The summed E-state index contributed by atoms with van der Waals surface area (Å²) in [6.45, 7) is 3.19. The number of alkyl carbamates (subject to hydrolysis) is 1. The highest BCUT2D eigenvalue weighted by molar-refractivity contribution is 5.95. The molecule has 2 aromatic heterocycles. The number of carbonyl (C=O) groups excluding carboxylic acids is 1. The number of nitrogens with two attached hydrogens (primary N) is 1. The van der Waals surface area contributed by atoms with Crippen LogP contribution in [0.25, 0.3) is 33.5 Å². The van der Waals surface area contributed by atoms with Crippen LogP contribution in [0.2, 0.25) is 0 Å². The van der Waals surface area contributed by atoms with Crippen LogP contribution >= 0.6 is 0 Å². The van der Waals surface area contributed by atoms with Crippen molar-refractivity contribution in [2.75, 3.05) is 23.7 Å². The van der Waals surface area contributed by atoms with Gasteiger partial charge in [0.25, 0.3) is 0 Å². The number of aromatic nitrogens is 3. The molecular formula is C33H33FN6O3. The molecule has 1 amide bonds. The number of aromatic amines is 1. The number of carbonyl (C=O) groups is 1. The van der Waals surface area contributed by atoms with Gasteiger partial charge in [0.05, 0.1) is 28.9 Å². The number of rotatable bonds is 7. The number of imidazole rings is 1. The van der Waals surface area contributed by atoms with Gasteiger partial charge in [0.1, 0.15) is 24.1 Å². The highest BCUT2D eigenvalue weighted by atomic mass is 19.1. The first-order valence-corrected chi connectivity index (χ1v) is 14.3. The molecule has 220 valence electrons. The lowest BCUT2D eigenvalue weighted by molar-refractivity contribution is 0.134. The third kappa shape index (κ3) is 6.14. The fourth-order valence-electron chi connectivity index (χ4n) is 5.63. The molecule has 6 rings (SSSR count). The van der Waals surface area contributed by atoms with E-state index < -0.39 is 6.09 Å². The first-order chi connectivity index (χ1) is 20.9. The fourth-order valence-corrected chi connectivity index (χ4v) is 5.63. The molecule has 43 heavy (non-hydrogen) atoms. The molecule has 1 fully saturated rings. The second-order valence-corrected chi connectivity index (χ2v) is 10.9. The molecule has 5 N–H and O–H groups in total. The Bertz CT molecular complexity index is 1750. The largest absolute Gasteiger partial charge is 0.445 e. The Hall–Kier alpha value is -4.96. The highest BCUT2D eigenvalue weighted by Crippen LogP contribution is 2.43. The first-order valence-electron chi connectivity index (χ1n) is 14.3. The summed E-state index contributed by atoms with van der Waals surface area (Å²) in [5, 5.41) is 12.6. The van der Waals surface area contributed by atoms with E-state index in [0.29, 0.717) is 42.9 Å². The number of aliphatic hydroxyl groups excluding tert-OH is 1. The predicted octanol–water partition coefficient (Wildman–Crippen LogP) is 5.71. The van der Waals surface area contributed by atoms with E-state index in [2.05, 4.69) is 20.2 Å². The SMILES string of the molecule is Cc1cc(F)cc(-c2cnc(N)c(-c3nc4ccc(CO)cc4[nH]3)c2N2CCC(NC(=O)OCc3ccccc3)CC2)c1. The van der Waals surface area contributed by atoms with Gasteiger partial charge in [0.2, 0.25) is 0 Å². The Morgan fingerprint density at radius 2 is 1.91 bits per heavy atom. The standard InChI is InChI=1S/C33H33FN6O3/c1-20-13-23(16-24(34)14-20)26-17-36-31(35)29(32-38-27-8-7-22(18-41)15-28(27)39-32)30(26)40-11-9-25(10-12-40)37-33(42)43-19-21-5-3-2-4-6-21/h2-8,13-17,25,41H,9-12,18-19H2,1H3,(H2,35,36)(H,37,42)(H,38,39). The molecule has 0 aliphatic carbocycles. The number of amides is 1. The van der Waals surface area contributed by atoms with E-state index in [9.17, 15) is 14.3 Å². The number of halogens is 1. The van der Waals surface area contributed by atoms with Crippen LogP contribution < -0.4 is 16.0 Å². The molecule has 0 bridgehead atoms. The lowest BCUT2D eigenvalue weighted by Crippen LogP contribution is -2.45. The second-order valence-electron chi connectivity index (χ2n) is 10.9. The van der Waals surface area contributed by atoms with Crippen LogP contribution in [0.3, 0.4) is 0 Å². The van der Waals surface area contributed by atoms with E-state index in [0.717, 1.165) is 39.0 Å². The summed E-state index contributed by atoms with van der Waals surface area (Å²) in [6.07, 6.45) is 2.57. The van der Waals surface area contributed by atoms with Crippen LogP contribution in [-0.4, -0.2) is 45.3 Å². The summed E-state index contributed by atoms with van der Waals surface area (Å²) in [4.78, 5) is 27.4. The van der Waals surface area contributed by atoms with E-state index in [1.54, 1.807) is 6.20 Å². The number of H-pyrrole nitrogens is 1. The number of ether oxygens (including phenoxy) is 1. The van der Waals surface area contributed by atoms with Gasteiger partial charge in [-0.15, -0.1) is 0 Å². The van der Waals surface area contributed by atoms with Gasteiger partial charge in [-0.1, -0.05) is 42.5 Å². The van der Waals surface area contributed by atoms with Gasteiger partial charge in [-0.05, 0) is 66.3 Å². The number of aliphatic hydroxyl groups is 1. The van der Waals surface area contributed by atoms with Crippen molar-refractivity contribution < 1.29 is 19.0 Å². The normalized spacial score (nSPS) is 13.8. The lowest BCUT2D eigenvalue weighted by atomic mass is 9.96. The molecule has 0 spiro atoms. The molecule has 0 saturated carbocycles. The van der Waals surface area contributed by atoms with Crippen molar-refractivity contribution >= 4 is 28.6 Å². The molecule has 5 aromatic rings. The molecule has 0 atom stereocenters. The molecule has 1 aliphatic heterocycles. The number of pyridine rings is 1. The van der Waals surface area contributed by atoms with Crippen LogP contribution in [0.4, 0.5) is 20.7 Å². The summed E-state index contributed by atoms with van der Waals surface area (Å²) < 4.78 is 20.0. The minimum atomic E-state index is -0.448. The molecule has 1 saturated heterocycles. The van der Waals surface area contributed by atoms with E-state index in [4.69, 9.17) is 15.5 Å². The van der Waals surface area contributed by atoms with Crippen molar-refractivity contribution in [3.05, 3.63) is 95.4 Å². The van der Waals surface area contributed by atoms with Crippen LogP contribution in [0, 0.1) is 12.7 Å². The molecule has 9 nitrogen and oxygen atoms in total. The van der Waals surface area contributed by atoms with Gasteiger partial charge in [0.15, 0.2) is 0 Å². The quantitative estimate of drug-likeness (QED) is 0.194. The van der Waals surface area contributed by atoms with Crippen LogP contribution in [0.15, 0.2) is 72.9 Å². The number of aryl methyl sites for hydroxylation is 1. The molecule has 10 heteroatoms. The highest BCUT2D eigenvalue weighted by Gasteiger charge is 2.28. The third-order valence-corrected chi connectivity index (χ3v) is 7.75. The van der Waals surface area contributed by atoms with E-state index in [1.165, 1.54) is 12.1 Å². The van der Waals surface area contributed by atoms with Crippen LogP contribution in [0.1, 0.15) is 29.5 Å². The van der Waals surface area contributed by atoms with Gasteiger partial charge in [-0.2, -0.15) is 0 Å². The van der Waals surface area contributed by atoms with Crippen molar-refractivity contribution in [1.82, 2.24) is 20.3 Å². The Morgan fingerprint density at radius 1 is 1.12 bits per heavy atom. The Labute approximate surface area is 248 Å². The Balaban J connectivity index is 1.31. The van der Waals surface area contributed by atoms with Crippen LogP contribution in [0.5, 0.6) is 0 Å². The lowest BCUT2D eigenvalue weighted by Gasteiger charge is -2.36. The molecular weight excluding hydrogens is 547 g/mol. The van der Waals surface area contributed by atoms with Gasteiger partial charge in [-0.25, -0.2) is 19.2 Å². The zero-order chi connectivity index (χ0) is 29.9. The maximum Gasteiger partial charge on any atom is 0.407 e. The number of piperidine rings is 1. The summed E-state index contributed by atoms with van der Waals surface area (Å²) in [7, 11) is 0. The number of fused-ring (bicyclic) bond motifs is 1. The Morgan fingerprint density at radius 3 is 2.65 bits per heavy atom. The summed E-state index contributed by atoms with van der Waals surface area (Å²) >= 11 is 0. The van der Waals surface area contributed by atoms with Crippen LogP contribution in [-0.2, 0) is 18.0 Å². The van der Waals surface area contributed by atoms with Gasteiger partial charge in [0, 0.05) is 30.9 Å². The second kappa shape index (κ2) is 12.1. The summed E-state index contributed by atoms with van der Waals surface area (Å²) in [5.74, 6) is 0.486. The average molecular weight is 581 g/mol. The number of hydrogen-bond acceptors (Lipinski definition) is 7. The first kappa shape index (κ1) is 28.2. The minimum Gasteiger partial charge on any atom is -0.445 e. The van der Waals surface area contributed by atoms with Crippen molar-refractivity contribution in [2.24, 2.45) is 0 Å². The predicted molar refractivity (Wildman–Crippen MR) is 165 cm³/mol. The summed E-state index contributed by atoms with van der Waals surface area (Å²) in [6, 6.07) is 19.9. The zero-order valence-corrected chi connectivity index (χ0v) is 23.8. The maximum atomic E-state index is 14.6. The average Bonchev–Trinajstić information content (AvgIpc) is 3.43. The van der Waals surface area contributed by atoms with Crippen molar-refractivity contribution in [3.8, 4) is 22.5 Å². The fraction of sp³-hybridized carbons (Fsp3) is 0.242. The zero-order valence-electron chi connectivity index (χ0n) is 23.8. The van der Waals surface area contributed by atoms with Gasteiger partial charge < -0.3 is 30.8 Å². The molecule has 3 aromatic carbocycles. The number of anilines is 2. The number of nitrogens with zero attached hydrogens (tertiary/aromatic N) is 3. The molecule has 3 heterocycles. The Kier molecular flexibility index (Phi) is 7.93. The summed E-state index contributed by atoms with van der Waals surface area (Å²) in [5.41, 5.74) is 13.3. The van der Waals surface area contributed by atoms with Crippen molar-refractivity contribution in [3.63, 3.8) is 0 Å². The van der Waals surface area contributed by atoms with Gasteiger partial charge >= 0.3 is 6.09 Å². The maximum absolute atomic E-state index is 14.6. The minimum absolute atomic E-state index is 0.0647. The van der Waals surface area contributed by atoms with E-state index >= 15 is 0 Å². The number of nitrogen functional groups attached to an aromatic ring is 1. The molecule has 1 aliphatic rings. The van der Waals surface area contributed by atoms with E-state index in [-0.39, 0.29) is 30.9 Å². The van der Waals surface area contributed by atoms with Crippen molar-refractivity contribution in [1.29, 1.82) is 0 Å². The smallest absolute Gasteiger partial charge is 0.407 e.